The largest absolute Gasteiger partial charge is 0.383 e. The number of aryl methyl sites for hydroxylation is 1. The fourth-order valence-corrected chi connectivity index (χ4v) is 5.51. The van der Waals surface area contributed by atoms with Crippen LogP contribution in [0.2, 0.25) is 5.02 Å². The van der Waals surface area contributed by atoms with Gasteiger partial charge >= 0.3 is 0 Å². The van der Waals surface area contributed by atoms with Crippen molar-refractivity contribution in [3.05, 3.63) is 78.1 Å². The van der Waals surface area contributed by atoms with Crippen molar-refractivity contribution in [2.45, 2.75) is 19.9 Å². The number of rotatable bonds is 4. The minimum atomic E-state index is 0.360. The molecule has 0 amide bonds. The Balaban J connectivity index is 1.22. The highest BCUT2D eigenvalue weighted by Crippen LogP contribution is 2.35. The predicted octanol–water partition coefficient (Wildman–Crippen LogP) is 5.23. The van der Waals surface area contributed by atoms with Gasteiger partial charge in [-0.2, -0.15) is 4.98 Å². The van der Waals surface area contributed by atoms with Gasteiger partial charge in [-0.25, -0.2) is 9.97 Å². The summed E-state index contributed by atoms with van der Waals surface area (Å²) in [6.07, 6.45) is 3.45. The third kappa shape index (κ3) is 4.18. The van der Waals surface area contributed by atoms with E-state index in [4.69, 9.17) is 16.6 Å². The summed E-state index contributed by atoms with van der Waals surface area (Å²) in [5.74, 6) is 1.31. The Kier molecular flexibility index (Phi) is 5.38. The zero-order valence-electron chi connectivity index (χ0n) is 21.4. The lowest BCUT2D eigenvalue weighted by Gasteiger charge is -2.35. The second kappa shape index (κ2) is 8.95. The van der Waals surface area contributed by atoms with E-state index in [1.54, 1.807) is 12.5 Å². The molecule has 1 saturated heterocycles. The van der Waals surface area contributed by atoms with Gasteiger partial charge in [0.05, 0.1) is 22.6 Å². The van der Waals surface area contributed by atoms with Gasteiger partial charge in [-0.05, 0) is 56.3 Å². The molecule has 39 heavy (non-hydrogen) atoms. The number of H-pyrrole nitrogens is 1. The molecule has 0 aliphatic carbocycles. The standard InChI is InChI=1S/C28H25ClN10/c1-15-12-38(13-16(2)32-15)20-6-4-19(5-7-20)35-28-30-11-18-8-22(27-37-31-14-39(27)26(18)36-28)21-9-24-25(10-23(21)29)34-17(3)33-24/h4-11,14,16,32H,1,12-13H2,2-3H3,(H,33,34)(H,30,35,36)/t16-/m0/s1. The molecule has 5 heterocycles. The third-order valence-corrected chi connectivity index (χ3v) is 7.22. The summed E-state index contributed by atoms with van der Waals surface area (Å²) in [6.45, 7) is 9.89. The van der Waals surface area contributed by atoms with E-state index in [0.29, 0.717) is 28.3 Å². The van der Waals surface area contributed by atoms with Gasteiger partial charge in [0.1, 0.15) is 12.2 Å². The van der Waals surface area contributed by atoms with Gasteiger partial charge in [-0.1, -0.05) is 18.2 Å². The van der Waals surface area contributed by atoms with Crippen molar-refractivity contribution >= 4 is 56.6 Å². The smallest absolute Gasteiger partial charge is 0.229 e. The third-order valence-electron chi connectivity index (χ3n) is 6.91. The van der Waals surface area contributed by atoms with Crippen molar-refractivity contribution in [3.8, 4) is 11.1 Å². The lowest BCUT2D eigenvalue weighted by atomic mass is 10.0. The number of hydrogen-bond acceptors (Lipinski definition) is 8. The van der Waals surface area contributed by atoms with Crippen molar-refractivity contribution < 1.29 is 0 Å². The number of imidazole rings is 1. The molecule has 4 aromatic heterocycles. The molecule has 1 aliphatic heterocycles. The maximum atomic E-state index is 6.70. The lowest BCUT2D eigenvalue weighted by molar-refractivity contribution is 0.541. The molecule has 2 aromatic carbocycles. The van der Waals surface area contributed by atoms with Crippen LogP contribution < -0.4 is 15.5 Å². The zero-order valence-corrected chi connectivity index (χ0v) is 22.2. The predicted molar refractivity (Wildman–Crippen MR) is 155 cm³/mol. The maximum Gasteiger partial charge on any atom is 0.229 e. The number of aromatic nitrogens is 7. The number of fused-ring (bicyclic) bond motifs is 4. The average Bonchev–Trinajstić information content (AvgIpc) is 3.54. The van der Waals surface area contributed by atoms with Crippen molar-refractivity contribution in [1.29, 1.82) is 0 Å². The SMILES string of the molecule is C=C1CN(c2ccc(Nc3ncc4cc(-c5cc6nc(C)[nH]c6cc5Cl)c5nncn5c4n3)cc2)C[C@H](C)N1. The van der Waals surface area contributed by atoms with Crippen LogP contribution in [0.15, 0.2) is 67.3 Å². The number of nitrogens with zero attached hydrogens (tertiary/aromatic N) is 7. The van der Waals surface area contributed by atoms with Crippen LogP contribution in [0, 0.1) is 6.92 Å². The number of halogens is 1. The van der Waals surface area contributed by atoms with Gasteiger partial charge in [-0.15, -0.1) is 10.2 Å². The molecule has 1 fully saturated rings. The second-order valence-electron chi connectivity index (χ2n) is 9.93. The molecule has 1 atom stereocenters. The van der Waals surface area contributed by atoms with Crippen molar-refractivity contribution in [1.82, 2.24) is 39.9 Å². The van der Waals surface area contributed by atoms with Crippen molar-refractivity contribution in [2.75, 3.05) is 23.3 Å². The molecule has 7 rings (SSSR count). The number of piperazine rings is 1. The van der Waals surface area contributed by atoms with Crippen LogP contribution in [0.1, 0.15) is 12.7 Å². The van der Waals surface area contributed by atoms with Gasteiger partial charge in [0.25, 0.3) is 0 Å². The van der Waals surface area contributed by atoms with Crippen molar-refractivity contribution in [2.24, 2.45) is 0 Å². The molecule has 0 spiro atoms. The lowest BCUT2D eigenvalue weighted by Crippen LogP contribution is -2.47. The van der Waals surface area contributed by atoms with Crippen LogP contribution in [-0.4, -0.2) is 53.7 Å². The number of aromatic amines is 1. The van der Waals surface area contributed by atoms with Crippen LogP contribution in [0.3, 0.4) is 0 Å². The van der Waals surface area contributed by atoms with Crippen LogP contribution in [0.5, 0.6) is 0 Å². The molecule has 3 N–H and O–H groups in total. The van der Waals surface area contributed by atoms with E-state index in [1.165, 1.54) is 0 Å². The summed E-state index contributed by atoms with van der Waals surface area (Å²) in [5.41, 5.74) is 7.79. The maximum absolute atomic E-state index is 6.70. The number of benzene rings is 2. The normalized spacial score (nSPS) is 15.8. The first-order valence-corrected chi connectivity index (χ1v) is 13.0. The number of pyridine rings is 1. The average molecular weight is 537 g/mol. The highest BCUT2D eigenvalue weighted by atomic mass is 35.5. The Labute approximate surface area is 228 Å². The molecule has 6 aromatic rings. The molecule has 0 saturated carbocycles. The topological polar surface area (TPSA) is 112 Å². The Morgan fingerprint density at radius 1 is 1.08 bits per heavy atom. The van der Waals surface area contributed by atoms with Gasteiger partial charge in [-0.3, -0.25) is 4.40 Å². The highest BCUT2D eigenvalue weighted by Gasteiger charge is 2.19. The van der Waals surface area contributed by atoms with Crippen LogP contribution in [0.25, 0.3) is 38.8 Å². The second-order valence-corrected chi connectivity index (χ2v) is 10.3. The Hall–Kier alpha value is -4.70. The molecule has 0 bridgehead atoms. The Bertz CT molecular complexity index is 1890. The van der Waals surface area contributed by atoms with Gasteiger partial charge in [0, 0.05) is 52.4 Å². The van der Waals surface area contributed by atoms with Gasteiger partial charge in [0.2, 0.25) is 5.95 Å². The molecule has 0 unspecified atom stereocenters. The van der Waals surface area contributed by atoms with Gasteiger partial charge < -0.3 is 20.5 Å². The number of anilines is 3. The minimum absolute atomic E-state index is 0.360. The first kappa shape index (κ1) is 23.4. The van der Waals surface area contributed by atoms with Crippen molar-refractivity contribution in [3.63, 3.8) is 0 Å². The van der Waals surface area contributed by atoms with E-state index < -0.39 is 0 Å². The number of nitrogens with one attached hydrogen (secondary N) is 3. The fourth-order valence-electron chi connectivity index (χ4n) is 5.24. The van der Waals surface area contributed by atoms with E-state index in [0.717, 1.165) is 63.5 Å². The molecule has 194 valence electrons. The summed E-state index contributed by atoms with van der Waals surface area (Å²) < 4.78 is 1.86. The first-order valence-electron chi connectivity index (χ1n) is 12.6. The monoisotopic (exact) mass is 536 g/mol. The molecule has 11 heteroatoms. The van der Waals surface area contributed by atoms with E-state index in [1.807, 2.05) is 41.7 Å². The van der Waals surface area contributed by atoms with E-state index in [9.17, 15) is 0 Å². The number of hydrogen-bond donors (Lipinski definition) is 3. The Morgan fingerprint density at radius 3 is 2.74 bits per heavy atom. The summed E-state index contributed by atoms with van der Waals surface area (Å²) in [4.78, 5) is 19.5. The Morgan fingerprint density at radius 2 is 1.92 bits per heavy atom. The molecule has 10 nitrogen and oxygen atoms in total. The fraction of sp³-hybridized carbons (Fsp3) is 0.179. The minimum Gasteiger partial charge on any atom is -0.383 e. The molecule has 0 radical (unpaired) electrons. The van der Waals surface area contributed by atoms with Gasteiger partial charge in [0.15, 0.2) is 11.3 Å². The summed E-state index contributed by atoms with van der Waals surface area (Å²) in [7, 11) is 0. The highest BCUT2D eigenvalue weighted by molar-refractivity contribution is 6.34. The van der Waals surface area contributed by atoms with E-state index in [-0.39, 0.29) is 0 Å². The van der Waals surface area contributed by atoms with Crippen LogP contribution >= 0.6 is 11.6 Å². The van der Waals surface area contributed by atoms with E-state index in [2.05, 4.69) is 66.3 Å². The zero-order chi connectivity index (χ0) is 26.7. The van der Waals surface area contributed by atoms with E-state index >= 15 is 0 Å². The molecule has 1 aliphatic rings. The summed E-state index contributed by atoms with van der Waals surface area (Å²) in [5, 5.41) is 16.7. The molecular formula is C28H25ClN10. The first-order chi connectivity index (χ1) is 18.9. The summed E-state index contributed by atoms with van der Waals surface area (Å²) >= 11 is 6.70. The van der Waals surface area contributed by atoms with Crippen LogP contribution in [0.4, 0.5) is 17.3 Å². The van der Waals surface area contributed by atoms with Crippen LogP contribution in [-0.2, 0) is 0 Å². The quantitative estimate of drug-likeness (QED) is 0.281. The molecular weight excluding hydrogens is 512 g/mol. The summed E-state index contributed by atoms with van der Waals surface area (Å²) in [6, 6.07) is 14.5.